The molecule has 12 aromatic rings. The van der Waals surface area contributed by atoms with E-state index in [1.54, 1.807) is 48.8 Å². The molecule has 8 aromatic carbocycles. The van der Waals surface area contributed by atoms with Crippen molar-refractivity contribution >= 4 is 27.8 Å². The fourth-order valence-corrected chi connectivity index (χ4v) is 9.95. The van der Waals surface area contributed by atoms with Crippen molar-refractivity contribution in [3.63, 3.8) is 0 Å². The molecule has 4 heterocycles. The molecule has 0 spiro atoms. The first-order valence-corrected chi connectivity index (χ1v) is 25.0. The van der Waals surface area contributed by atoms with Crippen LogP contribution >= 0.6 is 0 Å². The molecular formula is C70H57F3Ir2N4O2-2. The zero-order chi connectivity index (χ0) is 53.3. The number of benzene rings is 8. The van der Waals surface area contributed by atoms with Gasteiger partial charge in [-0.1, -0.05) is 198 Å². The van der Waals surface area contributed by atoms with Gasteiger partial charge in [0.15, 0.2) is 0 Å². The Hall–Kier alpha value is -8.43. The molecule has 6 nitrogen and oxygen atoms in total. The quantitative estimate of drug-likeness (QED) is 0.161. The van der Waals surface area contributed by atoms with Crippen molar-refractivity contribution in [3.8, 4) is 39.3 Å². The molecule has 1 aliphatic carbocycles. The number of nitrogens with zero attached hydrogens (tertiary/aromatic N) is 4. The summed E-state index contributed by atoms with van der Waals surface area (Å²) < 4.78 is 41.0. The fraction of sp³-hybridized carbons (Fsp3) is 0.0857. The minimum atomic E-state index is -0.990. The number of halogens is 3. The second-order valence-corrected chi connectivity index (χ2v) is 18.5. The number of aromatic carboxylic acids is 1. The average molecular weight is 1430 g/mol. The van der Waals surface area contributed by atoms with Crippen LogP contribution in [0.3, 0.4) is 0 Å². The number of hydrogen-bond acceptors (Lipinski definition) is 4. The Kier molecular flexibility index (Phi) is 21.5. The van der Waals surface area contributed by atoms with Gasteiger partial charge in [-0.05, 0) is 99.2 Å². The number of pyridine rings is 3. The zero-order valence-electron chi connectivity index (χ0n) is 42.7. The van der Waals surface area contributed by atoms with E-state index in [0.717, 1.165) is 23.4 Å². The predicted octanol–water partition coefficient (Wildman–Crippen LogP) is 17.8. The number of carboxylic acids is 1. The van der Waals surface area contributed by atoms with Crippen molar-refractivity contribution in [1.29, 1.82) is 0 Å². The standard InChI is InChI=1S/C37H25N.C14H13FN.C11H6F2N.C6H5NO2.2CH4.2Ir/c1-2-13-26(14-3-1)37(33-21-8-4-17-29(33)30-18-5-9-22-34(30)37)27-15-12-16-28(25-27)38-35-23-10-6-19-31(35)32-20-7-11-24-36(32)38;1-10(2)12-7-8-16-14(9-12)11-3-5-13(15)6-4-11;12-8-4-5-9(10(13)7-8)11-3-1-2-6-14-11;8-6(9)5-3-1-2-4-7-5;;;;/h1-25H;3,5-10H,1-2H3;1-4,6-7H;1-4H,(H,8,9);2*1H4;;/q;2*-1;;;;;. The number of aromatic nitrogens is 4. The Morgan fingerprint density at radius 1 is 0.519 bits per heavy atom. The Balaban J connectivity index is 0.000000204. The first kappa shape index (κ1) is 61.8. The van der Waals surface area contributed by atoms with Crippen molar-refractivity contribution in [1.82, 2.24) is 19.5 Å². The van der Waals surface area contributed by atoms with Crippen molar-refractivity contribution in [3.05, 3.63) is 312 Å². The van der Waals surface area contributed by atoms with E-state index < -0.39 is 23.0 Å². The van der Waals surface area contributed by atoms with Crippen molar-refractivity contribution in [2.24, 2.45) is 0 Å². The van der Waals surface area contributed by atoms with E-state index in [0.29, 0.717) is 11.6 Å². The van der Waals surface area contributed by atoms with Crippen LogP contribution in [-0.4, -0.2) is 30.6 Å². The summed E-state index contributed by atoms with van der Waals surface area (Å²) in [5.74, 6) is -2.09. The molecule has 0 atom stereocenters. The Labute approximate surface area is 498 Å². The maximum atomic E-state index is 13.2. The summed E-state index contributed by atoms with van der Waals surface area (Å²) in [6.07, 6.45) is 4.78. The van der Waals surface area contributed by atoms with Gasteiger partial charge in [-0.15, -0.1) is 42.0 Å². The Morgan fingerprint density at radius 2 is 1.07 bits per heavy atom. The van der Waals surface area contributed by atoms with Gasteiger partial charge in [0.2, 0.25) is 0 Å². The first-order valence-electron chi connectivity index (χ1n) is 25.0. The molecular weight excluding hydrogens is 1370 g/mol. The molecule has 0 unspecified atom stereocenters. The molecule has 11 heteroatoms. The largest absolute Gasteiger partial charge is 0.477 e. The molecule has 0 amide bonds. The van der Waals surface area contributed by atoms with Gasteiger partial charge in [-0.2, -0.15) is 0 Å². The van der Waals surface area contributed by atoms with Crippen LogP contribution in [0.4, 0.5) is 13.2 Å². The van der Waals surface area contributed by atoms with E-state index in [-0.39, 0.29) is 72.1 Å². The number of hydrogen-bond donors (Lipinski definition) is 1. The third kappa shape index (κ3) is 13.1. The van der Waals surface area contributed by atoms with Crippen molar-refractivity contribution in [2.45, 2.75) is 40.0 Å². The summed E-state index contributed by atoms with van der Waals surface area (Å²) >= 11 is 0. The normalized spacial score (nSPS) is 11.2. The van der Waals surface area contributed by atoms with E-state index in [1.165, 1.54) is 90.8 Å². The maximum absolute atomic E-state index is 13.2. The van der Waals surface area contributed by atoms with Crippen LogP contribution in [-0.2, 0) is 45.6 Å². The van der Waals surface area contributed by atoms with Gasteiger partial charge in [0.25, 0.3) is 0 Å². The molecule has 0 fully saturated rings. The van der Waals surface area contributed by atoms with E-state index >= 15 is 0 Å². The second kappa shape index (κ2) is 28.1. The summed E-state index contributed by atoms with van der Waals surface area (Å²) in [5, 5.41) is 10.9. The molecule has 0 saturated heterocycles. The van der Waals surface area contributed by atoms with E-state index in [1.807, 2.05) is 12.1 Å². The molecule has 2 radical (unpaired) electrons. The predicted molar refractivity (Wildman–Crippen MR) is 314 cm³/mol. The van der Waals surface area contributed by atoms with Gasteiger partial charge in [-0.25, -0.2) is 9.78 Å². The van der Waals surface area contributed by atoms with Gasteiger partial charge in [-0.3, -0.25) is 13.2 Å². The van der Waals surface area contributed by atoms with Gasteiger partial charge >= 0.3 is 5.97 Å². The number of fused-ring (bicyclic) bond motifs is 6. The molecule has 1 aliphatic rings. The molecule has 0 saturated carbocycles. The summed E-state index contributed by atoms with van der Waals surface area (Å²) in [6.45, 7) is 4.26. The first-order chi connectivity index (χ1) is 37.6. The van der Waals surface area contributed by atoms with Crippen LogP contribution < -0.4 is 0 Å². The minimum absolute atomic E-state index is 0. The van der Waals surface area contributed by atoms with Crippen LogP contribution in [0.15, 0.2) is 249 Å². The molecule has 0 aliphatic heterocycles. The van der Waals surface area contributed by atoms with Crippen LogP contribution in [0.5, 0.6) is 0 Å². The summed E-state index contributed by atoms with van der Waals surface area (Å²) in [5.41, 5.74) is 14.7. The average Bonchev–Trinajstić information content (AvgIpc) is 4.12. The van der Waals surface area contributed by atoms with Crippen LogP contribution in [0, 0.1) is 29.6 Å². The summed E-state index contributed by atoms with van der Waals surface area (Å²) in [4.78, 5) is 21.9. The minimum Gasteiger partial charge on any atom is -0.477 e. The van der Waals surface area contributed by atoms with Crippen molar-refractivity contribution < 1.29 is 63.3 Å². The number of rotatable bonds is 7. The molecule has 410 valence electrons. The third-order valence-corrected chi connectivity index (χ3v) is 13.4. The molecule has 13 rings (SSSR count). The summed E-state index contributed by atoms with van der Waals surface area (Å²) in [6, 6.07) is 81.1. The third-order valence-electron chi connectivity index (χ3n) is 13.4. The number of para-hydroxylation sites is 2. The molecule has 1 N–H and O–H groups in total. The van der Waals surface area contributed by atoms with Gasteiger partial charge in [0, 0.05) is 92.7 Å². The molecule has 81 heavy (non-hydrogen) atoms. The van der Waals surface area contributed by atoms with Gasteiger partial charge in [0.05, 0.1) is 16.4 Å². The summed E-state index contributed by atoms with van der Waals surface area (Å²) in [7, 11) is 0. The van der Waals surface area contributed by atoms with Gasteiger partial charge < -0.3 is 19.6 Å². The van der Waals surface area contributed by atoms with Gasteiger partial charge in [0.1, 0.15) is 5.69 Å². The van der Waals surface area contributed by atoms with E-state index in [4.69, 9.17) is 5.11 Å². The van der Waals surface area contributed by atoms with E-state index in [2.05, 4.69) is 197 Å². The number of carbonyl (C=O) groups is 1. The number of carboxylic acid groups (broad SMARTS) is 1. The topological polar surface area (TPSA) is 80.9 Å². The van der Waals surface area contributed by atoms with Crippen LogP contribution in [0.1, 0.15) is 72.9 Å². The SMILES string of the molecule is C.C.CC(C)c1ccnc(-c2[c-]cc(F)cc2)c1.Fc1c[c-]c(-c2ccccn2)c(F)c1.O=C(O)c1ccccn1.[Ir].[Ir].c1ccc(C2(c3cccc(-n4c5ccccc5c5ccccc54)c3)c3ccccc3-c3ccccc32)cc1. The van der Waals surface area contributed by atoms with Crippen molar-refractivity contribution in [2.75, 3.05) is 0 Å². The Bertz CT molecular complexity index is 3890. The maximum Gasteiger partial charge on any atom is 0.354 e. The molecule has 0 bridgehead atoms. The van der Waals surface area contributed by atoms with Crippen LogP contribution in [0.25, 0.3) is 61.1 Å². The second-order valence-electron chi connectivity index (χ2n) is 18.5. The van der Waals surface area contributed by atoms with Crippen LogP contribution in [0.2, 0.25) is 0 Å². The smallest absolute Gasteiger partial charge is 0.354 e. The Morgan fingerprint density at radius 3 is 1.63 bits per heavy atom. The zero-order valence-corrected chi connectivity index (χ0v) is 47.5. The molecule has 4 aromatic heterocycles. The van der Waals surface area contributed by atoms with E-state index in [9.17, 15) is 18.0 Å². The fourth-order valence-electron chi connectivity index (χ4n) is 9.95. The monoisotopic (exact) mass is 1430 g/mol.